The molecule has 736 valence electrons. The molecule has 4 heterocycles. The fourth-order valence-corrected chi connectivity index (χ4v) is 15.0. The minimum atomic E-state index is -0.430. The van der Waals surface area contributed by atoms with Gasteiger partial charge in [0.15, 0.2) is 17.3 Å². The van der Waals surface area contributed by atoms with Crippen molar-refractivity contribution in [3.63, 3.8) is 0 Å². The highest BCUT2D eigenvalue weighted by molar-refractivity contribution is 9.09. The summed E-state index contributed by atoms with van der Waals surface area (Å²) in [7, 11) is 3.16. The summed E-state index contributed by atoms with van der Waals surface area (Å²) in [6, 6.07) is 128. The first-order valence-corrected chi connectivity index (χ1v) is 48.5. The van der Waals surface area contributed by atoms with Crippen LogP contribution in [0.5, 0.6) is 28.7 Å². The Hall–Kier alpha value is -17.2. The van der Waals surface area contributed by atoms with E-state index in [0.717, 1.165) is 123 Å². The number of aldehydes is 1. The second-order valence-corrected chi connectivity index (χ2v) is 34.4. The van der Waals surface area contributed by atoms with Crippen molar-refractivity contribution in [3.8, 4) is 118 Å². The van der Waals surface area contributed by atoms with Gasteiger partial charge in [-0.1, -0.05) is 306 Å². The van der Waals surface area contributed by atoms with Gasteiger partial charge in [0.1, 0.15) is 35.0 Å². The van der Waals surface area contributed by atoms with Crippen LogP contribution in [0.25, 0.3) is 106 Å². The maximum atomic E-state index is 12.4. The van der Waals surface area contributed by atoms with Gasteiger partial charge in [0, 0.05) is 97.9 Å². The fraction of sp³-hybridized carbons (Fsp3) is 0.152. The van der Waals surface area contributed by atoms with E-state index in [0.29, 0.717) is 30.0 Å². The molecule has 1 unspecified atom stereocenters. The van der Waals surface area contributed by atoms with E-state index in [1.807, 2.05) is 215 Å². The minimum Gasteiger partial charge on any atom is -0.508 e. The molecule has 145 heavy (non-hydrogen) atoms. The summed E-state index contributed by atoms with van der Waals surface area (Å²) in [5.41, 5.74) is 36.1. The summed E-state index contributed by atoms with van der Waals surface area (Å²) >= 11 is 3.43. The Labute approximate surface area is 858 Å². The van der Waals surface area contributed by atoms with Crippen LogP contribution in [0.15, 0.2) is 430 Å². The van der Waals surface area contributed by atoms with Crippen molar-refractivity contribution >= 4 is 45.6 Å². The molecule has 5 N–H and O–H groups in total. The van der Waals surface area contributed by atoms with Crippen LogP contribution in [0.1, 0.15) is 127 Å². The Bertz CT molecular complexity index is 6840. The molecule has 18 aromatic rings. The quantitative estimate of drug-likeness (QED) is 0.00252. The number of alkyl halides is 1. The van der Waals surface area contributed by atoms with Gasteiger partial charge in [0.25, 0.3) is 0 Å². The van der Waals surface area contributed by atoms with Gasteiger partial charge in [0.05, 0.1) is 33.4 Å². The number of nitro groups is 1. The number of hydrogen-bond acceptors (Lipinski definition) is 12. The molecule has 0 fully saturated rings. The van der Waals surface area contributed by atoms with Crippen molar-refractivity contribution < 1.29 is 48.2 Å². The number of methoxy groups -OCH3 is 2. The number of benzene rings is 14. The number of allylic oxidation sites excluding steroid dienone is 1. The van der Waals surface area contributed by atoms with Crippen molar-refractivity contribution in [2.75, 3.05) is 45.9 Å². The summed E-state index contributed by atoms with van der Waals surface area (Å²) < 4.78 is 21.6. The molecule has 0 aliphatic heterocycles. The normalized spacial score (nSPS) is 10.4. The molecule has 19 nitrogen and oxygen atoms in total. The Morgan fingerprint density at radius 2 is 0.738 bits per heavy atom. The second-order valence-electron chi connectivity index (χ2n) is 33.7. The Morgan fingerprint density at radius 3 is 1.09 bits per heavy atom. The number of aromatic amines is 4. The fourth-order valence-electron chi connectivity index (χ4n) is 14.6. The van der Waals surface area contributed by atoms with Gasteiger partial charge in [-0.2, -0.15) is 0 Å². The third kappa shape index (κ3) is 37.4. The summed E-state index contributed by atoms with van der Waals surface area (Å²) in [5.74, 6) is 3.05. The largest absolute Gasteiger partial charge is 0.508 e. The lowest BCUT2D eigenvalue weighted by Crippen LogP contribution is -2.16. The standard InChI is InChI=1S/C20H20BrNO.C20H20N4O.C18H19NO4.C17H15N.C17H16O2.C16H13NO.C9H10O.C7H6O.CH4/c21-12-4-5-13-23-19-10-8-17(9-11-19)20-14-18(15-22-20)16-6-2-1-3-7-16;21-24-23-12-4-5-13-25-19-10-8-17(9-11-19)20-14-18(15-22-20)16-6-2-1-3-7-16;1-13-3-5-14(6-4-13)16(12-19(21)22)11-18(20)15-7-9-17(23-2)10-8-15;1-13-7-9-15(10-8-13)17-11-16(12-18-17)14-5-3-2-4-6-14;1-13-3-5-14(6-4-13)7-12-17(18)15-8-10-16(19-2)11-9-15;18-15-8-6-13(7-9-15)16-10-14(11-17-16)12-4-2-1-3-5-12;1-7-3-5-9(6-4-7)8(2)10;8-6-7-4-2-1-3-5-7;/h1-3,6-11,14-15,22H,4-5,12-13H2;1-3,6-11,14-15,22H,4-5,12-13H2;3-10,16H,11-12H2,1-2H3;2-12,18H,1H3;3-12H,1-2H3;1-11,17-18H;3-6H,1-2H3;1-6H;1H4/b;;;;12-7+;;;;. The third-order valence-corrected chi connectivity index (χ3v) is 23.4. The number of halogens is 1. The number of carbonyl (C=O) groups excluding carboxylic acids is 4. The van der Waals surface area contributed by atoms with Gasteiger partial charge in [-0.25, -0.2) is 0 Å². The van der Waals surface area contributed by atoms with Crippen LogP contribution in [0.4, 0.5) is 0 Å². The Balaban J connectivity index is 0.000000173. The molecule has 0 saturated carbocycles. The predicted octanol–water partition coefficient (Wildman–Crippen LogP) is 32.3. The van der Waals surface area contributed by atoms with Crippen LogP contribution in [0.2, 0.25) is 0 Å². The van der Waals surface area contributed by atoms with Crippen LogP contribution in [-0.2, 0) is 0 Å². The van der Waals surface area contributed by atoms with Crippen LogP contribution < -0.4 is 18.9 Å². The molecule has 0 amide bonds. The molecule has 20 heteroatoms. The lowest BCUT2D eigenvalue weighted by Gasteiger charge is -2.13. The predicted molar refractivity (Wildman–Crippen MR) is 595 cm³/mol. The maximum absolute atomic E-state index is 12.4. The summed E-state index contributed by atoms with van der Waals surface area (Å²) in [6.45, 7) is 11.3. The number of nitrogens with zero attached hydrogens (tertiary/aromatic N) is 4. The molecule has 4 aromatic heterocycles. The number of rotatable bonds is 32. The van der Waals surface area contributed by atoms with Crippen molar-refractivity contribution in [3.05, 3.63) is 501 Å². The molecule has 0 bridgehead atoms. The molecule has 0 aliphatic rings. The van der Waals surface area contributed by atoms with Gasteiger partial charge in [-0.05, 0) is 295 Å². The highest BCUT2D eigenvalue weighted by Gasteiger charge is 2.23. The monoisotopic (exact) mass is 1990 g/mol. The molecular formula is C125H123BrN8O11. The van der Waals surface area contributed by atoms with Crippen LogP contribution >= 0.6 is 15.9 Å². The number of H-pyrrole nitrogens is 4. The first-order valence-electron chi connectivity index (χ1n) is 47.4. The smallest absolute Gasteiger partial charge is 0.211 e. The zero-order valence-electron chi connectivity index (χ0n) is 81.9. The van der Waals surface area contributed by atoms with E-state index in [4.69, 9.17) is 24.5 Å². The number of ether oxygens (including phenoxy) is 4. The summed E-state index contributed by atoms with van der Waals surface area (Å²) in [4.78, 5) is 71.7. The SMILES string of the molecule is BrCCCCOc1ccc(-c2cc(-c3ccccc3)c[nH]2)cc1.C.CC(=O)c1ccc(C)cc1.COc1ccc(C(=O)/C=C/c2ccc(C)cc2)cc1.COc1ccc(C(=O)CC(C[N+](=O)[O-])c2ccc(C)cc2)cc1.Cc1ccc(-c2cc(-c3ccccc3)c[nH]2)cc1.O=Cc1ccccc1.Oc1ccc(-c2cc(-c3ccccc3)c[nH]2)cc1.[N-]=[N+]=NCCCCOc1ccc(-c2cc(-c3ccccc3)c[nH]2)cc1. The molecule has 0 spiro atoms. The van der Waals surface area contributed by atoms with E-state index in [9.17, 15) is 34.4 Å². The number of nitrogens with one attached hydrogen (secondary N) is 4. The number of Topliss-reactive ketones (excluding diaryl/α,β-unsaturated/α-hetero) is 2. The lowest BCUT2D eigenvalue weighted by atomic mass is 9.91. The first kappa shape index (κ1) is 110. The minimum absolute atomic E-state index is 0. The van der Waals surface area contributed by atoms with Crippen LogP contribution in [-0.4, -0.2) is 99.5 Å². The number of ketones is 3. The number of unbranched alkanes of at least 4 members (excludes halogenated alkanes) is 2. The average molecular weight is 1990 g/mol. The number of aryl methyl sites for hydroxylation is 4. The van der Waals surface area contributed by atoms with Crippen molar-refractivity contribution in [2.45, 2.75) is 80.1 Å². The molecule has 0 aliphatic carbocycles. The lowest BCUT2D eigenvalue weighted by molar-refractivity contribution is -0.483. The number of phenolic OH excluding ortho intramolecular Hbond substituents is 1. The molecule has 0 radical (unpaired) electrons. The molecular weight excluding hydrogens is 1870 g/mol. The van der Waals surface area contributed by atoms with Gasteiger partial charge >= 0.3 is 0 Å². The maximum Gasteiger partial charge on any atom is 0.211 e. The summed E-state index contributed by atoms with van der Waals surface area (Å²) in [6.07, 6.45) is 16.4. The average Bonchev–Trinajstić information content (AvgIpc) is 1.70. The molecule has 14 aromatic carbocycles. The second kappa shape index (κ2) is 60.1. The number of aromatic hydroxyl groups is 1. The van der Waals surface area contributed by atoms with E-state index in [2.05, 4.69) is 211 Å². The van der Waals surface area contributed by atoms with E-state index >= 15 is 0 Å². The highest BCUT2D eigenvalue weighted by atomic mass is 79.9. The Morgan fingerprint density at radius 1 is 0.407 bits per heavy atom. The Kier molecular flexibility index (Phi) is 45.5. The topological polar surface area (TPSA) is 280 Å². The number of azide groups is 1. The van der Waals surface area contributed by atoms with Crippen molar-refractivity contribution in [1.29, 1.82) is 0 Å². The van der Waals surface area contributed by atoms with Gasteiger partial charge < -0.3 is 44.0 Å². The number of hydrogen-bond donors (Lipinski definition) is 5. The van der Waals surface area contributed by atoms with E-state index < -0.39 is 5.92 Å². The zero-order chi connectivity index (χ0) is 102. The van der Waals surface area contributed by atoms with Gasteiger partial charge in [-0.3, -0.25) is 29.3 Å². The van der Waals surface area contributed by atoms with Gasteiger partial charge in [-0.15, -0.1) is 0 Å². The third-order valence-electron chi connectivity index (χ3n) is 22.8. The van der Waals surface area contributed by atoms with Crippen molar-refractivity contribution in [1.82, 2.24) is 19.9 Å². The summed E-state index contributed by atoms with van der Waals surface area (Å²) in [5, 5.41) is 24.7. The van der Waals surface area contributed by atoms with Gasteiger partial charge in [0.2, 0.25) is 6.54 Å². The zero-order valence-corrected chi connectivity index (χ0v) is 83.5. The van der Waals surface area contributed by atoms with Crippen LogP contribution in [0, 0.1) is 37.8 Å². The number of aromatic nitrogens is 4. The highest BCUT2D eigenvalue weighted by Crippen LogP contribution is 2.33. The first-order chi connectivity index (χ1) is 70.2. The van der Waals surface area contributed by atoms with E-state index in [1.54, 1.807) is 100 Å². The number of phenols is 1. The molecule has 0 saturated heterocycles. The number of carbonyl (C=O) groups is 4. The van der Waals surface area contributed by atoms with Crippen molar-refractivity contribution in [2.24, 2.45) is 5.11 Å². The van der Waals surface area contributed by atoms with E-state index in [1.165, 1.54) is 72.3 Å². The van der Waals surface area contributed by atoms with Crippen LogP contribution in [0.3, 0.4) is 0 Å². The molecule has 1 atom stereocenters. The molecule has 18 rings (SSSR count). The van der Waals surface area contributed by atoms with E-state index in [-0.39, 0.29) is 48.4 Å².